The normalized spacial score (nSPS) is 10.1. The second-order valence-electron chi connectivity index (χ2n) is 3.02. The molecule has 0 saturated carbocycles. The topological polar surface area (TPSA) is 63.3 Å². The maximum Gasteiger partial charge on any atom is 0.304 e. The summed E-state index contributed by atoms with van der Waals surface area (Å²) in [5, 5.41) is 8.47. The van der Waals surface area contributed by atoms with Gasteiger partial charge in [-0.05, 0) is 30.7 Å². The Labute approximate surface area is 87.3 Å². The minimum atomic E-state index is -0.759. The molecule has 14 heavy (non-hydrogen) atoms. The first-order valence-corrected chi connectivity index (χ1v) is 5.29. The van der Waals surface area contributed by atoms with Crippen molar-refractivity contribution >= 4 is 23.4 Å². The van der Waals surface area contributed by atoms with Crippen molar-refractivity contribution in [2.45, 2.75) is 18.2 Å². The summed E-state index contributed by atoms with van der Waals surface area (Å²) in [6, 6.07) is 5.65. The van der Waals surface area contributed by atoms with Crippen LogP contribution in [0.5, 0.6) is 0 Å². The minimum absolute atomic E-state index is 0.189. The van der Waals surface area contributed by atoms with Crippen LogP contribution in [0.15, 0.2) is 23.1 Å². The van der Waals surface area contributed by atoms with Crippen LogP contribution < -0.4 is 5.73 Å². The van der Waals surface area contributed by atoms with Crippen LogP contribution in [0.4, 0.5) is 5.69 Å². The average Bonchev–Trinajstić information content (AvgIpc) is 2.08. The van der Waals surface area contributed by atoms with Gasteiger partial charge in [-0.15, -0.1) is 11.8 Å². The summed E-state index contributed by atoms with van der Waals surface area (Å²) in [6.07, 6.45) is 0.189. The van der Waals surface area contributed by atoms with Gasteiger partial charge in [0.05, 0.1) is 6.42 Å². The van der Waals surface area contributed by atoms with E-state index < -0.39 is 5.97 Å². The fraction of sp³-hybridized carbons (Fsp3) is 0.300. The Morgan fingerprint density at radius 3 is 2.86 bits per heavy atom. The molecule has 0 amide bonds. The van der Waals surface area contributed by atoms with Crippen molar-refractivity contribution in [3.63, 3.8) is 0 Å². The monoisotopic (exact) mass is 211 g/mol. The highest BCUT2D eigenvalue weighted by atomic mass is 32.2. The largest absolute Gasteiger partial charge is 0.481 e. The van der Waals surface area contributed by atoms with Gasteiger partial charge in [-0.1, -0.05) is 0 Å². The van der Waals surface area contributed by atoms with Crippen molar-refractivity contribution in [3.05, 3.63) is 23.8 Å². The van der Waals surface area contributed by atoms with Gasteiger partial charge >= 0.3 is 5.97 Å². The number of carboxylic acids is 1. The zero-order chi connectivity index (χ0) is 10.6. The van der Waals surface area contributed by atoms with E-state index in [0.717, 1.165) is 16.1 Å². The number of benzene rings is 1. The third-order valence-electron chi connectivity index (χ3n) is 1.77. The lowest BCUT2D eigenvalue weighted by Crippen LogP contribution is -1.96. The average molecular weight is 211 g/mol. The van der Waals surface area contributed by atoms with Crippen LogP contribution in [-0.2, 0) is 4.79 Å². The van der Waals surface area contributed by atoms with Crippen LogP contribution in [-0.4, -0.2) is 16.8 Å². The van der Waals surface area contributed by atoms with Crippen LogP contribution in [0.1, 0.15) is 12.0 Å². The lowest BCUT2D eigenvalue weighted by molar-refractivity contribution is -0.136. The molecule has 0 unspecified atom stereocenters. The van der Waals surface area contributed by atoms with Gasteiger partial charge in [-0.25, -0.2) is 0 Å². The first-order valence-electron chi connectivity index (χ1n) is 4.30. The van der Waals surface area contributed by atoms with Gasteiger partial charge in [-0.3, -0.25) is 4.79 Å². The number of thioether (sulfide) groups is 1. The number of anilines is 1. The number of rotatable bonds is 4. The highest BCUT2D eigenvalue weighted by molar-refractivity contribution is 7.99. The summed E-state index contributed by atoms with van der Waals surface area (Å²) in [7, 11) is 0. The molecule has 0 aliphatic carbocycles. The van der Waals surface area contributed by atoms with Crippen molar-refractivity contribution in [2.24, 2.45) is 0 Å². The molecule has 0 aromatic heterocycles. The van der Waals surface area contributed by atoms with E-state index in [1.165, 1.54) is 0 Å². The first kappa shape index (κ1) is 10.9. The lowest BCUT2D eigenvalue weighted by atomic mass is 10.2. The van der Waals surface area contributed by atoms with Crippen LogP contribution >= 0.6 is 11.8 Å². The summed E-state index contributed by atoms with van der Waals surface area (Å²) in [5.41, 5.74) is 7.44. The van der Waals surface area contributed by atoms with Gasteiger partial charge in [0.2, 0.25) is 0 Å². The molecular formula is C10H13NO2S. The molecule has 1 aromatic rings. The molecular weight excluding hydrogens is 198 g/mol. The fourth-order valence-electron chi connectivity index (χ4n) is 1.08. The molecule has 0 fully saturated rings. The van der Waals surface area contributed by atoms with E-state index in [9.17, 15) is 4.79 Å². The number of aliphatic carboxylic acids is 1. The molecule has 4 heteroatoms. The molecule has 0 heterocycles. The maximum atomic E-state index is 10.3. The van der Waals surface area contributed by atoms with Crippen molar-refractivity contribution < 1.29 is 9.90 Å². The molecule has 76 valence electrons. The van der Waals surface area contributed by atoms with Gasteiger partial charge in [0, 0.05) is 16.3 Å². The lowest BCUT2D eigenvalue weighted by Gasteiger charge is -2.04. The van der Waals surface area contributed by atoms with Crippen molar-refractivity contribution in [1.82, 2.24) is 0 Å². The van der Waals surface area contributed by atoms with Crippen LogP contribution in [0.2, 0.25) is 0 Å². The Hall–Kier alpha value is -1.16. The molecule has 3 N–H and O–H groups in total. The van der Waals surface area contributed by atoms with Gasteiger partial charge < -0.3 is 10.8 Å². The molecule has 0 aliphatic rings. The Morgan fingerprint density at radius 1 is 1.57 bits per heavy atom. The van der Waals surface area contributed by atoms with E-state index in [4.69, 9.17) is 10.8 Å². The molecule has 0 saturated heterocycles. The molecule has 0 atom stereocenters. The van der Waals surface area contributed by atoms with Gasteiger partial charge in [0.25, 0.3) is 0 Å². The molecule has 1 aromatic carbocycles. The van der Waals surface area contributed by atoms with Crippen LogP contribution in [0.3, 0.4) is 0 Å². The predicted molar refractivity (Wildman–Crippen MR) is 58.6 cm³/mol. The van der Waals surface area contributed by atoms with Crippen LogP contribution in [0.25, 0.3) is 0 Å². The highest BCUT2D eigenvalue weighted by Gasteiger charge is 2.01. The number of hydrogen-bond acceptors (Lipinski definition) is 3. The van der Waals surface area contributed by atoms with E-state index in [1.807, 2.05) is 25.1 Å². The smallest absolute Gasteiger partial charge is 0.304 e. The highest BCUT2D eigenvalue weighted by Crippen LogP contribution is 2.24. The van der Waals surface area contributed by atoms with E-state index in [1.54, 1.807) is 11.8 Å². The summed E-state index contributed by atoms with van der Waals surface area (Å²) < 4.78 is 0. The number of carbonyl (C=O) groups is 1. The SMILES string of the molecule is Cc1cc(N)ccc1SCCC(=O)O. The molecule has 0 bridgehead atoms. The maximum absolute atomic E-state index is 10.3. The Kier molecular flexibility index (Phi) is 3.83. The van der Waals surface area contributed by atoms with Crippen LogP contribution in [0, 0.1) is 6.92 Å². The standard InChI is InChI=1S/C10H13NO2S/c1-7-6-8(11)2-3-9(7)14-5-4-10(12)13/h2-3,6H,4-5,11H2,1H3,(H,12,13). The predicted octanol–water partition coefficient (Wildman–Crippen LogP) is 2.14. The van der Waals surface area contributed by atoms with Gasteiger partial charge in [0.15, 0.2) is 0 Å². The van der Waals surface area contributed by atoms with E-state index in [-0.39, 0.29) is 6.42 Å². The summed E-state index contributed by atoms with van der Waals surface area (Å²) in [4.78, 5) is 11.4. The van der Waals surface area contributed by atoms with Gasteiger partial charge in [0.1, 0.15) is 0 Å². The van der Waals surface area contributed by atoms with Crippen molar-refractivity contribution in [1.29, 1.82) is 0 Å². The van der Waals surface area contributed by atoms with Crippen molar-refractivity contribution in [3.8, 4) is 0 Å². The third kappa shape index (κ3) is 3.30. The minimum Gasteiger partial charge on any atom is -0.481 e. The zero-order valence-corrected chi connectivity index (χ0v) is 8.80. The second kappa shape index (κ2) is 4.91. The summed E-state index contributed by atoms with van der Waals surface area (Å²) in [6.45, 7) is 1.97. The third-order valence-corrected chi connectivity index (χ3v) is 2.95. The van der Waals surface area contributed by atoms with E-state index >= 15 is 0 Å². The Morgan fingerprint density at radius 2 is 2.29 bits per heavy atom. The quantitative estimate of drug-likeness (QED) is 0.591. The Bertz CT molecular complexity index is 339. The molecule has 0 radical (unpaired) electrons. The second-order valence-corrected chi connectivity index (χ2v) is 4.15. The molecule has 3 nitrogen and oxygen atoms in total. The van der Waals surface area contributed by atoms with Crippen molar-refractivity contribution in [2.75, 3.05) is 11.5 Å². The molecule has 0 aliphatic heterocycles. The van der Waals surface area contributed by atoms with Gasteiger partial charge in [-0.2, -0.15) is 0 Å². The molecule has 0 spiro atoms. The zero-order valence-electron chi connectivity index (χ0n) is 7.99. The number of nitrogen functional groups attached to an aromatic ring is 1. The van der Waals surface area contributed by atoms with E-state index in [0.29, 0.717) is 5.75 Å². The molecule has 1 rings (SSSR count). The first-order chi connectivity index (χ1) is 6.59. The summed E-state index contributed by atoms with van der Waals surface area (Å²) in [5.74, 6) is -0.161. The summed E-state index contributed by atoms with van der Waals surface area (Å²) >= 11 is 1.55. The number of aryl methyl sites for hydroxylation is 1. The number of nitrogens with two attached hydrogens (primary N) is 1. The van der Waals surface area contributed by atoms with E-state index in [2.05, 4.69) is 0 Å². The Balaban J connectivity index is 2.55. The fourth-order valence-corrected chi connectivity index (χ4v) is 2.03. The number of carboxylic acid groups (broad SMARTS) is 1. The number of hydrogen-bond donors (Lipinski definition) is 2.